The molecule has 0 bridgehead atoms. The van der Waals surface area contributed by atoms with Crippen LogP contribution in [0, 0.1) is 5.82 Å². The molecule has 0 saturated carbocycles. The van der Waals surface area contributed by atoms with Crippen molar-refractivity contribution in [3.63, 3.8) is 0 Å². The number of hydrogen-bond acceptors (Lipinski definition) is 6. The van der Waals surface area contributed by atoms with E-state index in [9.17, 15) is 22.4 Å². The molecule has 0 unspecified atom stereocenters. The lowest BCUT2D eigenvalue weighted by Crippen LogP contribution is -2.42. The van der Waals surface area contributed by atoms with Crippen molar-refractivity contribution in [1.82, 2.24) is 5.32 Å². The molecular weight excluding hydrogens is 357 g/mol. The number of hydrogen-bond donors (Lipinski definition) is 1. The average molecular weight is 375 g/mol. The number of sulfone groups is 1. The molecule has 1 aromatic carbocycles. The van der Waals surface area contributed by atoms with Crippen LogP contribution in [0.15, 0.2) is 29.2 Å². The van der Waals surface area contributed by atoms with Gasteiger partial charge in [-0.3, -0.25) is 9.59 Å². The molecule has 1 heterocycles. The number of carbonyl (C=O) groups is 2. The zero-order valence-corrected chi connectivity index (χ0v) is 14.7. The standard InChI is InChI=1S/C15H18FNO5S2/c1-10(15(19)17-11-6-7-24(20,21)9-11)22-14(18)8-23-13-5-3-2-4-12(13)16/h2-5,10-11H,6-9H2,1H3,(H,17,19)/t10-,11+/m1/s1. The summed E-state index contributed by atoms with van der Waals surface area (Å²) in [6.45, 7) is 1.41. The van der Waals surface area contributed by atoms with E-state index in [1.807, 2.05) is 0 Å². The second-order valence-electron chi connectivity index (χ2n) is 5.46. The normalized spacial score (nSPS) is 20.3. The molecule has 1 aliphatic rings. The summed E-state index contributed by atoms with van der Waals surface area (Å²) < 4.78 is 41.1. The fraction of sp³-hybridized carbons (Fsp3) is 0.467. The first-order valence-corrected chi connectivity index (χ1v) is 10.1. The number of esters is 1. The summed E-state index contributed by atoms with van der Waals surface area (Å²) in [5.41, 5.74) is 0. The van der Waals surface area contributed by atoms with E-state index >= 15 is 0 Å². The number of carbonyl (C=O) groups excluding carboxylic acids is 2. The third kappa shape index (κ3) is 5.48. The second kappa shape index (κ2) is 7.98. The van der Waals surface area contributed by atoms with Crippen molar-refractivity contribution < 1.29 is 27.1 Å². The molecule has 1 aromatic rings. The number of thioether (sulfide) groups is 1. The highest BCUT2D eigenvalue weighted by Gasteiger charge is 2.30. The molecule has 1 aliphatic heterocycles. The molecule has 0 radical (unpaired) electrons. The van der Waals surface area contributed by atoms with Gasteiger partial charge in [-0.15, -0.1) is 11.8 Å². The molecule has 24 heavy (non-hydrogen) atoms. The fourth-order valence-corrected chi connectivity index (χ4v) is 4.61. The predicted molar refractivity (Wildman–Crippen MR) is 87.9 cm³/mol. The van der Waals surface area contributed by atoms with Crippen molar-refractivity contribution in [3.05, 3.63) is 30.1 Å². The highest BCUT2D eigenvalue weighted by molar-refractivity contribution is 8.00. The minimum atomic E-state index is -3.09. The third-order valence-electron chi connectivity index (χ3n) is 3.44. The maximum Gasteiger partial charge on any atom is 0.317 e. The molecule has 2 rings (SSSR count). The van der Waals surface area contributed by atoms with Crippen LogP contribution in [0.5, 0.6) is 0 Å². The van der Waals surface area contributed by atoms with E-state index in [1.165, 1.54) is 13.0 Å². The van der Waals surface area contributed by atoms with Gasteiger partial charge >= 0.3 is 5.97 Å². The van der Waals surface area contributed by atoms with Crippen LogP contribution in [0.1, 0.15) is 13.3 Å². The highest BCUT2D eigenvalue weighted by Crippen LogP contribution is 2.21. The van der Waals surface area contributed by atoms with Crippen LogP contribution >= 0.6 is 11.8 Å². The van der Waals surface area contributed by atoms with Crippen molar-refractivity contribution >= 4 is 33.5 Å². The summed E-state index contributed by atoms with van der Waals surface area (Å²) in [5.74, 6) is -1.79. The smallest absolute Gasteiger partial charge is 0.317 e. The summed E-state index contributed by atoms with van der Waals surface area (Å²) in [5, 5.41) is 2.56. The molecule has 1 fully saturated rings. The number of halogens is 1. The molecule has 0 spiro atoms. The van der Waals surface area contributed by atoms with Crippen molar-refractivity contribution in [2.75, 3.05) is 17.3 Å². The number of benzene rings is 1. The molecular formula is C15H18FNO5S2. The van der Waals surface area contributed by atoms with Crippen molar-refractivity contribution in [1.29, 1.82) is 0 Å². The van der Waals surface area contributed by atoms with E-state index in [4.69, 9.17) is 4.74 Å². The first-order valence-electron chi connectivity index (χ1n) is 7.34. The van der Waals surface area contributed by atoms with Crippen LogP contribution in [0.25, 0.3) is 0 Å². The number of nitrogens with one attached hydrogen (secondary N) is 1. The Balaban J connectivity index is 1.76. The molecule has 6 nitrogen and oxygen atoms in total. The Bertz CT molecular complexity index is 722. The van der Waals surface area contributed by atoms with E-state index in [-0.39, 0.29) is 17.3 Å². The van der Waals surface area contributed by atoms with Crippen molar-refractivity contribution in [2.45, 2.75) is 30.4 Å². The monoisotopic (exact) mass is 375 g/mol. The molecule has 0 aromatic heterocycles. The summed E-state index contributed by atoms with van der Waals surface area (Å²) in [6, 6.07) is 5.59. The van der Waals surface area contributed by atoms with Gasteiger partial charge in [0.15, 0.2) is 15.9 Å². The van der Waals surface area contributed by atoms with Gasteiger partial charge in [-0.1, -0.05) is 12.1 Å². The van der Waals surface area contributed by atoms with Gasteiger partial charge in [-0.25, -0.2) is 12.8 Å². The first kappa shape index (κ1) is 18.7. The summed E-state index contributed by atoms with van der Waals surface area (Å²) in [7, 11) is -3.09. The van der Waals surface area contributed by atoms with E-state index < -0.39 is 39.7 Å². The van der Waals surface area contributed by atoms with Gasteiger partial charge in [0.2, 0.25) is 0 Å². The zero-order valence-electron chi connectivity index (χ0n) is 13.0. The van der Waals surface area contributed by atoms with Crippen LogP contribution in [0.4, 0.5) is 4.39 Å². The van der Waals surface area contributed by atoms with Crippen LogP contribution in [0.2, 0.25) is 0 Å². The average Bonchev–Trinajstić information content (AvgIpc) is 2.85. The van der Waals surface area contributed by atoms with E-state index in [0.717, 1.165) is 11.8 Å². The molecule has 132 valence electrons. The van der Waals surface area contributed by atoms with Crippen molar-refractivity contribution in [3.8, 4) is 0 Å². The van der Waals surface area contributed by atoms with E-state index in [0.29, 0.717) is 11.3 Å². The van der Waals surface area contributed by atoms with Gasteiger partial charge in [-0.2, -0.15) is 0 Å². The lowest BCUT2D eigenvalue weighted by atomic mass is 10.2. The maximum absolute atomic E-state index is 13.4. The number of amides is 1. The second-order valence-corrected chi connectivity index (χ2v) is 8.71. The fourth-order valence-electron chi connectivity index (χ4n) is 2.21. The lowest BCUT2D eigenvalue weighted by molar-refractivity contribution is -0.152. The Morgan fingerprint density at radius 3 is 2.75 bits per heavy atom. The van der Waals surface area contributed by atoms with Crippen LogP contribution in [-0.4, -0.2) is 49.7 Å². The molecule has 0 aliphatic carbocycles. The summed E-state index contributed by atoms with van der Waals surface area (Å²) in [6.07, 6.45) is -0.681. The molecule has 1 amide bonds. The van der Waals surface area contributed by atoms with E-state index in [2.05, 4.69) is 5.32 Å². The van der Waals surface area contributed by atoms with Gasteiger partial charge in [0.05, 0.1) is 17.3 Å². The van der Waals surface area contributed by atoms with Crippen LogP contribution in [0.3, 0.4) is 0 Å². The zero-order chi connectivity index (χ0) is 17.7. The summed E-state index contributed by atoms with van der Waals surface area (Å²) >= 11 is 0.981. The SMILES string of the molecule is C[C@@H](OC(=O)CSc1ccccc1F)C(=O)N[C@H]1CCS(=O)(=O)C1. The number of rotatable bonds is 6. The first-order chi connectivity index (χ1) is 11.3. The van der Waals surface area contributed by atoms with Crippen LogP contribution in [-0.2, 0) is 24.2 Å². The van der Waals surface area contributed by atoms with Gasteiger partial charge in [-0.05, 0) is 25.5 Å². The lowest BCUT2D eigenvalue weighted by Gasteiger charge is -2.16. The molecule has 1 N–H and O–H groups in total. The van der Waals surface area contributed by atoms with Gasteiger partial charge < -0.3 is 10.1 Å². The third-order valence-corrected chi connectivity index (χ3v) is 6.23. The summed E-state index contributed by atoms with van der Waals surface area (Å²) in [4.78, 5) is 24.0. The van der Waals surface area contributed by atoms with Crippen LogP contribution < -0.4 is 5.32 Å². The predicted octanol–water partition coefficient (Wildman–Crippen LogP) is 1.15. The maximum atomic E-state index is 13.4. The Kier molecular flexibility index (Phi) is 6.22. The number of ether oxygens (including phenoxy) is 1. The van der Waals surface area contributed by atoms with Crippen molar-refractivity contribution in [2.24, 2.45) is 0 Å². The minimum Gasteiger partial charge on any atom is -0.452 e. The Hall–Kier alpha value is -1.61. The highest BCUT2D eigenvalue weighted by atomic mass is 32.2. The Morgan fingerprint density at radius 1 is 1.42 bits per heavy atom. The van der Waals surface area contributed by atoms with E-state index in [1.54, 1.807) is 18.2 Å². The van der Waals surface area contributed by atoms with Gasteiger partial charge in [0, 0.05) is 10.9 Å². The minimum absolute atomic E-state index is 0.0470. The quantitative estimate of drug-likeness (QED) is 0.593. The Labute approximate surface area is 144 Å². The van der Waals surface area contributed by atoms with Gasteiger partial charge in [0.1, 0.15) is 5.82 Å². The van der Waals surface area contributed by atoms with Gasteiger partial charge in [0.25, 0.3) is 5.91 Å². The Morgan fingerprint density at radius 2 is 2.12 bits per heavy atom. The molecule has 9 heteroatoms. The molecule has 1 saturated heterocycles. The topological polar surface area (TPSA) is 89.5 Å². The molecule has 2 atom stereocenters. The largest absolute Gasteiger partial charge is 0.452 e.